The fourth-order valence-corrected chi connectivity index (χ4v) is 4.61. The second-order valence-corrected chi connectivity index (χ2v) is 8.55. The number of nitrogens with zero attached hydrogens (tertiary/aromatic N) is 2. The molecule has 0 radical (unpaired) electrons. The first-order valence-corrected chi connectivity index (χ1v) is 11.0. The van der Waals surface area contributed by atoms with Gasteiger partial charge in [-0.25, -0.2) is 0 Å². The third kappa shape index (κ3) is 6.48. The molecule has 1 amide bonds. The van der Waals surface area contributed by atoms with E-state index in [4.69, 9.17) is 11.6 Å². The Kier molecular flexibility index (Phi) is 7.98. The van der Waals surface area contributed by atoms with Crippen LogP contribution in [0.4, 0.5) is 0 Å². The van der Waals surface area contributed by atoms with Gasteiger partial charge < -0.3 is 5.32 Å². The Bertz CT molecular complexity index is 584. The van der Waals surface area contributed by atoms with E-state index in [1.165, 1.54) is 37.8 Å². The van der Waals surface area contributed by atoms with Crippen molar-refractivity contribution in [1.82, 2.24) is 15.1 Å². The predicted molar refractivity (Wildman–Crippen MR) is 112 cm³/mol. The molecule has 1 atom stereocenters. The normalized spacial score (nSPS) is 22.2. The van der Waals surface area contributed by atoms with Gasteiger partial charge >= 0.3 is 0 Å². The quantitative estimate of drug-likeness (QED) is 0.729. The summed E-state index contributed by atoms with van der Waals surface area (Å²) in [6, 6.07) is 8.71. The van der Waals surface area contributed by atoms with E-state index in [2.05, 4.69) is 34.2 Å². The summed E-state index contributed by atoms with van der Waals surface area (Å²) in [7, 11) is 0. The number of likely N-dealkylation sites (tertiary alicyclic amines) is 2. The number of rotatable bonds is 8. The molecule has 2 heterocycles. The third-order valence-electron chi connectivity index (χ3n) is 6.25. The molecular weight excluding hydrogens is 358 g/mol. The molecule has 150 valence electrons. The fourth-order valence-electron chi connectivity index (χ4n) is 4.48. The van der Waals surface area contributed by atoms with Gasteiger partial charge in [-0.3, -0.25) is 14.6 Å². The van der Waals surface area contributed by atoms with Gasteiger partial charge in [-0.05, 0) is 81.9 Å². The molecule has 1 aromatic carbocycles. The Balaban J connectivity index is 1.30. The zero-order valence-electron chi connectivity index (χ0n) is 16.6. The van der Waals surface area contributed by atoms with Gasteiger partial charge in [0.05, 0.1) is 0 Å². The Hall–Kier alpha value is -1.10. The van der Waals surface area contributed by atoms with Crippen LogP contribution in [0.5, 0.6) is 0 Å². The maximum absolute atomic E-state index is 12.2. The van der Waals surface area contributed by atoms with E-state index >= 15 is 0 Å². The Morgan fingerprint density at radius 2 is 1.89 bits per heavy atom. The number of halogens is 1. The zero-order valence-corrected chi connectivity index (χ0v) is 17.4. The van der Waals surface area contributed by atoms with Gasteiger partial charge in [0.25, 0.3) is 0 Å². The van der Waals surface area contributed by atoms with Crippen molar-refractivity contribution >= 4 is 17.5 Å². The molecule has 0 aromatic heterocycles. The second-order valence-electron chi connectivity index (χ2n) is 8.11. The Morgan fingerprint density at radius 1 is 1.15 bits per heavy atom. The van der Waals surface area contributed by atoms with E-state index in [0.717, 1.165) is 44.2 Å². The van der Waals surface area contributed by atoms with Crippen molar-refractivity contribution in [2.24, 2.45) is 5.92 Å². The Labute approximate surface area is 169 Å². The topological polar surface area (TPSA) is 35.6 Å². The molecular formula is C22H34ClN3O. The molecule has 5 heteroatoms. The number of benzene rings is 1. The highest BCUT2D eigenvalue weighted by Crippen LogP contribution is 2.23. The first-order chi connectivity index (χ1) is 13.1. The molecule has 0 bridgehead atoms. The number of hydrogen-bond donors (Lipinski definition) is 1. The van der Waals surface area contributed by atoms with Crippen LogP contribution in [0.2, 0.25) is 5.02 Å². The van der Waals surface area contributed by atoms with E-state index in [0.29, 0.717) is 18.4 Å². The molecule has 2 aliphatic rings. The van der Waals surface area contributed by atoms with Crippen molar-refractivity contribution in [3.05, 3.63) is 34.9 Å². The first-order valence-electron chi connectivity index (χ1n) is 10.6. The van der Waals surface area contributed by atoms with Gasteiger partial charge in [0.1, 0.15) is 0 Å². The lowest BCUT2D eigenvalue weighted by atomic mass is 9.92. The number of carbonyl (C=O) groups is 1. The highest BCUT2D eigenvalue weighted by atomic mass is 35.5. The SMILES string of the molecule is CCN1CCCC1CNC(=O)CCC1CCN(Cc2ccc(Cl)cc2)CC1. The summed E-state index contributed by atoms with van der Waals surface area (Å²) in [6.07, 6.45) is 6.60. The highest BCUT2D eigenvalue weighted by molar-refractivity contribution is 6.30. The predicted octanol–water partition coefficient (Wildman–Crippen LogP) is 3.93. The molecule has 0 spiro atoms. The van der Waals surface area contributed by atoms with Crippen LogP contribution in [0.1, 0.15) is 51.0 Å². The molecule has 2 fully saturated rings. The minimum absolute atomic E-state index is 0.238. The van der Waals surface area contributed by atoms with Crippen LogP contribution in [-0.4, -0.2) is 54.5 Å². The van der Waals surface area contributed by atoms with Crippen LogP contribution in [0.3, 0.4) is 0 Å². The molecule has 1 aromatic rings. The lowest BCUT2D eigenvalue weighted by molar-refractivity contribution is -0.121. The first kappa shape index (κ1) is 20.6. The summed E-state index contributed by atoms with van der Waals surface area (Å²) in [5.41, 5.74) is 1.32. The molecule has 4 nitrogen and oxygen atoms in total. The standard InChI is InChI=1S/C22H34ClN3O/c1-2-26-13-3-4-21(26)16-24-22(27)10-7-18-11-14-25(15-12-18)17-19-5-8-20(23)9-6-19/h5-6,8-9,18,21H,2-4,7,10-17H2,1H3,(H,24,27). The largest absolute Gasteiger partial charge is 0.355 e. The van der Waals surface area contributed by atoms with Gasteiger partial charge in [-0.15, -0.1) is 0 Å². The molecule has 1 N–H and O–H groups in total. The number of hydrogen-bond acceptors (Lipinski definition) is 3. The number of likely N-dealkylation sites (N-methyl/N-ethyl adjacent to an activating group) is 1. The smallest absolute Gasteiger partial charge is 0.220 e. The van der Waals surface area contributed by atoms with Crippen LogP contribution >= 0.6 is 11.6 Å². The molecule has 27 heavy (non-hydrogen) atoms. The van der Waals surface area contributed by atoms with Crippen molar-refractivity contribution in [3.63, 3.8) is 0 Å². The fraction of sp³-hybridized carbons (Fsp3) is 0.682. The van der Waals surface area contributed by atoms with Gasteiger partial charge in [0.15, 0.2) is 0 Å². The monoisotopic (exact) mass is 391 g/mol. The summed E-state index contributed by atoms with van der Waals surface area (Å²) in [5.74, 6) is 0.928. The van der Waals surface area contributed by atoms with E-state index in [1.54, 1.807) is 0 Å². The van der Waals surface area contributed by atoms with Crippen molar-refractivity contribution in [3.8, 4) is 0 Å². The second kappa shape index (κ2) is 10.4. The number of nitrogens with one attached hydrogen (secondary N) is 1. The molecule has 2 aliphatic heterocycles. The van der Waals surface area contributed by atoms with Gasteiger partial charge in [-0.1, -0.05) is 30.7 Å². The summed E-state index contributed by atoms with van der Waals surface area (Å²) in [4.78, 5) is 17.2. The molecule has 2 saturated heterocycles. The third-order valence-corrected chi connectivity index (χ3v) is 6.50. The summed E-state index contributed by atoms with van der Waals surface area (Å²) < 4.78 is 0. The van der Waals surface area contributed by atoms with Crippen molar-refractivity contribution in [1.29, 1.82) is 0 Å². The summed E-state index contributed by atoms with van der Waals surface area (Å²) in [6.45, 7) is 8.57. The molecule has 3 rings (SSSR count). The van der Waals surface area contributed by atoms with Crippen LogP contribution < -0.4 is 5.32 Å². The number of piperidine rings is 1. The maximum Gasteiger partial charge on any atom is 0.220 e. The average molecular weight is 392 g/mol. The average Bonchev–Trinajstić information content (AvgIpc) is 3.15. The van der Waals surface area contributed by atoms with Crippen molar-refractivity contribution in [2.75, 3.05) is 32.7 Å². The minimum Gasteiger partial charge on any atom is -0.355 e. The Morgan fingerprint density at radius 3 is 2.59 bits per heavy atom. The van der Waals surface area contributed by atoms with Gasteiger partial charge in [-0.2, -0.15) is 0 Å². The van der Waals surface area contributed by atoms with E-state index in [9.17, 15) is 4.79 Å². The molecule has 0 aliphatic carbocycles. The van der Waals surface area contributed by atoms with Crippen LogP contribution in [0, 0.1) is 5.92 Å². The van der Waals surface area contributed by atoms with Crippen LogP contribution in [0.25, 0.3) is 0 Å². The molecule has 1 unspecified atom stereocenters. The maximum atomic E-state index is 12.2. The van der Waals surface area contributed by atoms with E-state index in [1.807, 2.05) is 12.1 Å². The lowest BCUT2D eigenvalue weighted by Crippen LogP contribution is -2.40. The minimum atomic E-state index is 0.238. The van der Waals surface area contributed by atoms with Crippen LogP contribution in [0.15, 0.2) is 24.3 Å². The zero-order chi connectivity index (χ0) is 19.1. The number of carbonyl (C=O) groups excluding carboxylic acids is 1. The lowest BCUT2D eigenvalue weighted by Gasteiger charge is -2.32. The van der Waals surface area contributed by atoms with E-state index in [-0.39, 0.29) is 5.91 Å². The van der Waals surface area contributed by atoms with Gasteiger partial charge in [0.2, 0.25) is 5.91 Å². The highest BCUT2D eigenvalue weighted by Gasteiger charge is 2.24. The summed E-state index contributed by atoms with van der Waals surface area (Å²) in [5, 5.41) is 3.97. The molecule has 0 saturated carbocycles. The van der Waals surface area contributed by atoms with Crippen LogP contribution in [-0.2, 0) is 11.3 Å². The van der Waals surface area contributed by atoms with Gasteiger partial charge in [0, 0.05) is 30.6 Å². The van der Waals surface area contributed by atoms with E-state index < -0.39 is 0 Å². The number of amides is 1. The summed E-state index contributed by atoms with van der Waals surface area (Å²) >= 11 is 5.96. The van der Waals surface area contributed by atoms with Crippen molar-refractivity contribution in [2.45, 2.75) is 58.0 Å². The van der Waals surface area contributed by atoms with Crippen molar-refractivity contribution < 1.29 is 4.79 Å².